The van der Waals surface area contributed by atoms with Crippen molar-refractivity contribution in [2.75, 3.05) is 5.32 Å². The topological polar surface area (TPSA) is 65.8 Å². The number of halogens is 1. The number of hydrogen-bond acceptors (Lipinski definition) is 4. The van der Waals surface area contributed by atoms with E-state index in [1.807, 2.05) is 6.07 Å². The molecular weight excluding hydrogens is 258 g/mol. The van der Waals surface area contributed by atoms with Crippen LogP contribution in [-0.4, -0.2) is 10.9 Å². The lowest BCUT2D eigenvalue weighted by Crippen LogP contribution is -2.11. The van der Waals surface area contributed by atoms with Crippen molar-refractivity contribution < 1.29 is 4.79 Å². The van der Waals surface area contributed by atoms with E-state index in [9.17, 15) is 4.79 Å². The maximum absolute atomic E-state index is 11.8. The molecular formula is C11H6ClN3OS. The van der Waals surface area contributed by atoms with E-state index in [1.165, 1.54) is 6.20 Å². The molecule has 6 heteroatoms. The summed E-state index contributed by atoms with van der Waals surface area (Å²) in [5, 5.41) is 12.1. The first kappa shape index (κ1) is 11.6. The van der Waals surface area contributed by atoms with Gasteiger partial charge in [0, 0.05) is 10.6 Å². The van der Waals surface area contributed by atoms with Crippen LogP contribution in [0.15, 0.2) is 30.5 Å². The molecule has 1 aromatic heterocycles. The number of amides is 1. The molecule has 0 aliphatic carbocycles. The molecule has 0 aliphatic heterocycles. The number of anilines is 1. The van der Waals surface area contributed by atoms with Crippen molar-refractivity contribution in [3.8, 4) is 6.07 Å². The molecule has 1 heterocycles. The fourth-order valence-electron chi connectivity index (χ4n) is 1.18. The standard InChI is InChI=1S/C11H6ClN3OS/c12-8-3-1-2-7(4-8)10(16)15-11-14-6-9(5-13)17-11/h1-4,6H,(H,14,15,16). The number of thiazole rings is 1. The summed E-state index contributed by atoms with van der Waals surface area (Å²) in [6.07, 6.45) is 1.41. The second kappa shape index (κ2) is 4.95. The monoisotopic (exact) mass is 263 g/mol. The van der Waals surface area contributed by atoms with E-state index in [0.29, 0.717) is 20.6 Å². The number of nitrogens with one attached hydrogen (secondary N) is 1. The van der Waals surface area contributed by atoms with Crippen LogP contribution in [0.4, 0.5) is 5.13 Å². The predicted octanol–water partition coefficient (Wildman–Crippen LogP) is 2.92. The third-order valence-corrected chi connectivity index (χ3v) is 2.98. The zero-order chi connectivity index (χ0) is 12.3. The average molecular weight is 264 g/mol. The first-order chi connectivity index (χ1) is 8.19. The van der Waals surface area contributed by atoms with Gasteiger partial charge in [-0.3, -0.25) is 10.1 Å². The maximum Gasteiger partial charge on any atom is 0.257 e. The molecule has 4 nitrogen and oxygen atoms in total. The number of hydrogen-bond donors (Lipinski definition) is 1. The Balaban J connectivity index is 2.14. The minimum atomic E-state index is -0.300. The van der Waals surface area contributed by atoms with Crippen molar-refractivity contribution in [2.45, 2.75) is 0 Å². The minimum absolute atomic E-state index is 0.300. The molecule has 0 saturated heterocycles. The van der Waals surface area contributed by atoms with Crippen LogP contribution in [0.3, 0.4) is 0 Å². The van der Waals surface area contributed by atoms with Gasteiger partial charge in [-0.1, -0.05) is 29.0 Å². The summed E-state index contributed by atoms with van der Waals surface area (Å²) in [6.45, 7) is 0. The Kier molecular flexibility index (Phi) is 3.38. The fraction of sp³-hybridized carbons (Fsp3) is 0. The van der Waals surface area contributed by atoms with Crippen molar-refractivity contribution in [2.24, 2.45) is 0 Å². The van der Waals surface area contributed by atoms with Crippen LogP contribution in [0.25, 0.3) is 0 Å². The number of rotatable bonds is 2. The van der Waals surface area contributed by atoms with E-state index in [4.69, 9.17) is 16.9 Å². The van der Waals surface area contributed by atoms with E-state index >= 15 is 0 Å². The molecule has 17 heavy (non-hydrogen) atoms. The maximum atomic E-state index is 11.8. The number of nitrogens with zero attached hydrogens (tertiary/aromatic N) is 2. The Morgan fingerprint density at radius 2 is 2.35 bits per heavy atom. The van der Waals surface area contributed by atoms with Crippen LogP contribution in [0.2, 0.25) is 5.02 Å². The predicted molar refractivity (Wildman–Crippen MR) is 66.2 cm³/mol. The molecule has 1 amide bonds. The van der Waals surface area contributed by atoms with E-state index < -0.39 is 0 Å². The Bertz CT molecular complexity index is 603. The smallest absolute Gasteiger partial charge is 0.257 e. The lowest BCUT2D eigenvalue weighted by molar-refractivity contribution is 0.102. The van der Waals surface area contributed by atoms with Gasteiger partial charge in [0.05, 0.1) is 6.20 Å². The summed E-state index contributed by atoms with van der Waals surface area (Å²) in [6, 6.07) is 8.56. The fourth-order valence-corrected chi connectivity index (χ4v) is 1.98. The van der Waals surface area contributed by atoms with E-state index in [0.717, 1.165) is 11.3 Å². The van der Waals surface area contributed by atoms with Crippen LogP contribution >= 0.6 is 22.9 Å². The molecule has 0 spiro atoms. The summed E-state index contributed by atoms with van der Waals surface area (Å²) < 4.78 is 0. The van der Waals surface area contributed by atoms with Crippen molar-refractivity contribution in [3.63, 3.8) is 0 Å². The lowest BCUT2D eigenvalue weighted by Gasteiger charge is -2.01. The van der Waals surface area contributed by atoms with Gasteiger partial charge in [0.2, 0.25) is 0 Å². The first-order valence-electron chi connectivity index (χ1n) is 4.62. The molecule has 0 unspecified atom stereocenters. The highest BCUT2D eigenvalue weighted by molar-refractivity contribution is 7.16. The van der Waals surface area contributed by atoms with Crippen molar-refractivity contribution in [1.82, 2.24) is 4.98 Å². The second-order valence-electron chi connectivity index (χ2n) is 3.11. The van der Waals surface area contributed by atoms with Gasteiger partial charge in [-0.25, -0.2) is 4.98 Å². The molecule has 0 atom stereocenters. The highest BCUT2D eigenvalue weighted by atomic mass is 35.5. The van der Waals surface area contributed by atoms with Gasteiger partial charge in [-0.05, 0) is 18.2 Å². The molecule has 0 saturated carbocycles. The van der Waals surface area contributed by atoms with Crippen LogP contribution in [0.1, 0.15) is 15.2 Å². The Labute approximate surface area is 106 Å². The molecule has 0 bridgehead atoms. The number of nitriles is 1. The summed E-state index contributed by atoms with van der Waals surface area (Å²) in [7, 11) is 0. The molecule has 0 radical (unpaired) electrons. The summed E-state index contributed by atoms with van der Waals surface area (Å²) >= 11 is 6.91. The van der Waals surface area contributed by atoms with Gasteiger partial charge in [-0.15, -0.1) is 0 Å². The van der Waals surface area contributed by atoms with Crippen molar-refractivity contribution in [1.29, 1.82) is 5.26 Å². The summed E-state index contributed by atoms with van der Waals surface area (Å²) in [5.41, 5.74) is 0.450. The third-order valence-electron chi connectivity index (χ3n) is 1.92. The highest BCUT2D eigenvalue weighted by Crippen LogP contribution is 2.18. The molecule has 1 N–H and O–H groups in total. The minimum Gasteiger partial charge on any atom is -0.298 e. The quantitative estimate of drug-likeness (QED) is 0.906. The summed E-state index contributed by atoms with van der Waals surface area (Å²) in [5.74, 6) is -0.300. The summed E-state index contributed by atoms with van der Waals surface area (Å²) in [4.78, 5) is 16.1. The highest BCUT2D eigenvalue weighted by Gasteiger charge is 2.09. The average Bonchev–Trinajstić information content (AvgIpc) is 2.77. The van der Waals surface area contributed by atoms with Gasteiger partial charge in [-0.2, -0.15) is 5.26 Å². The SMILES string of the molecule is N#Cc1cnc(NC(=O)c2cccc(Cl)c2)s1. The number of aromatic nitrogens is 1. The molecule has 0 fully saturated rings. The number of carbonyl (C=O) groups is 1. The van der Waals surface area contributed by atoms with Gasteiger partial charge >= 0.3 is 0 Å². The third kappa shape index (κ3) is 2.81. The van der Waals surface area contributed by atoms with Crippen LogP contribution in [0, 0.1) is 11.3 Å². The Morgan fingerprint density at radius 3 is 3.00 bits per heavy atom. The van der Waals surface area contributed by atoms with E-state index in [-0.39, 0.29) is 5.91 Å². The number of benzene rings is 1. The largest absolute Gasteiger partial charge is 0.298 e. The Morgan fingerprint density at radius 1 is 1.53 bits per heavy atom. The van der Waals surface area contributed by atoms with Gasteiger partial charge < -0.3 is 0 Å². The van der Waals surface area contributed by atoms with Crippen LogP contribution in [0.5, 0.6) is 0 Å². The molecule has 1 aromatic carbocycles. The Hall–Kier alpha value is -1.90. The van der Waals surface area contributed by atoms with Gasteiger partial charge in [0.25, 0.3) is 5.91 Å². The van der Waals surface area contributed by atoms with E-state index in [2.05, 4.69) is 10.3 Å². The van der Waals surface area contributed by atoms with Crippen molar-refractivity contribution in [3.05, 3.63) is 45.9 Å². The van der Waals surface area contributed by atoms with Gasteiger partial charge in [0.1, 0.15) is 10.9 Å². The van der Waals surface area contributed by atoms with Crippen molar-refractivity contribution >= 4 is 34.0 Å². The van der Waals surface area contributed by atoms with E-state index in [1.54, 1.807) is 24.3 Å². The number of carbonyl (C=O) groups excluding carboxylic acids is 1. The first-order valence-corrected chi connectivity index (χ1v) is 5.81. The van der Waals surface area contributed by atoms with Crippen LogP contribution in [-0.2, 0) is 0 Å². The normalized spacial score (nSPS) is 9.65. The zero-order valence-corrected chi connectivity index (χ0v) is 10.0. The van der Waals surface area contributed by atoms with Gasteiger partial charge in [0.15, 0.2) is 5.13 Å². The lowest BCUT2D eigenvalue weighted by atomic mass is 10.2. The molecule has 2 aromatic rings. The molecule has 2 rings (SSSR count). The molecule has 84 valence electrons. The zero-order valence-electron chi connectivity index (χ0n) is 8.48. The second-order valence-corrected chi connectivity index (χ2v) is 4.57. The van der Waals surface area contributed by atoms with Crippen LogP contribution < -0.4 is 5.32 Å². The molecule has 0 aliphatic rings.